The van der Waals surface area contributed by atoms with E-state index in [2.05, 4.69) is 5.32 Å². The van der Waals surface area contributed by atoms with E-state index < -0.39 is 33.9 Å². The van der Waals surface area contributed by atoms with Gasteiger partial charge < -0.3 is 15.0 Å². The van der Waals surface area contributed by atoms with Crippen LogP contribution in [0, 0.1) is 5.92 Å². The molecule has 0 bridgehead atoms. The van der Waals surface area contributed by atoms with Crippen LogP contribution in [0.5, 0.6) is 0 Å². The van der Waals surface area contributed by atoms with Crippen LogP contribution in [0.3, 0.4) is 0 Å². The maximum Gasteiger partial charge on any atom is 0.312 e. The Morgan fingerprint density at radius 2 is 1.81 bits per heavy atom. The number of primary sulfonamides is 1. The van der Waals surface area contributed by atoms with E-state index in [0.29, 0.717) is 12.2 Å². The third-order valence-electron chi connectivity index (χ3n) is 4.88. The molecule has 0 spiro atoms. The zero-order valence-electron chi connectivity index (χ0n) is 16.9. The van der Waals surface area contributed by atoms with E-state index in [1.165, 1.54) is 31.2 Å². The zero-order valence-corrected chi connectivity index (χ0v) is 17.7. The summed E-state index contributed by atoms with van der Waals surface area (Å²) in [6.45, 7) is 2.06. The molecule has 2 atom stereocenters. The minimum atomic E-state index is -3.83. The van der Waals surface area contributed by atoms with E-state index in [4.69, 9.17) is 9.88 Å². The van der Waals surface area contributed by atoms with Gasteiger partial charge in [0.25, 0.3) is 5.91 Å². The van der Waals surface area contributed by atoms with Crippen molar-refractivity contribution >= 4 is 33.5 Å². The molecule has 164 valence electrons. The third-order valence-corrected chi connectivity index (χ3v) is 5.81. The highest BCUT2D eigenvalue weighted by atomic mass is 32.2. The molecule has 1 saturated heterocycles. The van der Waals surface area contributed by atoms with Crippen molar-refractivity contribution in [3.05, 3.63) is 60.2 Å². The van der Waals surface area contributed by atoms with Gasteiger partial charge in [0.2, 0.25) is 15.9 Å². The van der Waals surface area contributed by atoms with E-state index in [9.17, 15) is 22.8 Å². The fourth-order valence-corrected chi connectivity index (χ4v) is 3.70. The summed E-state index contributed by atoms with van der Waals surface area (Å²) in [5.74, 6) is -1.98. The highest BCUT2D eigenvalue weighted by molar-refractivity contribution is 7.89. The molecule has 0 radical (unpaired) electrons. The molecule has 1 heterocycles. The quantitative estimate of drug-likeness (QED) is 0.616. The lowest BCUT2D eigenvalue weighted by Crippen LogP contribution is -2.33. The Bertz CT molecular complexity index is 1070. The molecule has 0 saturated carbocycles. The normalized spacial score (nSPS) is 17.3. The second kappa shape index (κ2) is 9.27. The smallest absolute Gasteiger partial charge is 0.312 e. The van der Waals surface area contributed by atoms with Crippen LogP contribution in [-0.4, -0.2) is 43.8 Å². The molecule has 0 aliphatic carbocycles. The van der Waals surface area contributed by atoms with Crippen LogP contribution < -0.4 is 10.5 Å². The van der Waals surface area contributed by atoms with E-state index >= 15 is 0 Å². The van der Waals surface area contributed by atoms with Gasteiger partial charge in [-0.2, -0.15) is 0 Å². The van der Waals surface area contributed by atoms with Gasteiger partial charge in [0.05, 0.1) is 10.8 Å². The van der Waals surface area contributed by atoms with Crippen LogP contribution in [-0.2, 0) is 35.7 Å². The lowest BCUT2D eigenvalue weighted by molar-refractivity contribution is -0.157. The van der Waals surface area contributed by atoms with Crippen LogP contribution in [0.15, 0.2) is 59.5 Å². The first-order valence-electron chi connectivity index (χ1n) is 9.59. The summed E-state index contributed by atoms with van der Waals surface area (Å²) in [6.07, 6.45) is -1.06. The number of hydrogen-bond acceptors (Lipinski definition) is 6. The maximum atomic E-state index is 12.4. The Morgan fingerprint density at radius 3 is 2.42 bits per heavy atom. The van der Waals surface area contributed by atoms with Gasteiger partial charge in [0, 0.05) is 25.2 Å². The molecule has 31 heavy (non-hydrogen) atoms. The van der Waals surface area contributed by atoms with Crippen molar-refractivity contribution in [2.45, 2.75) is 30.9 Å². The first-order chi connectivity index (χ1) is 14.6. The van der Waals surface area contributed by atoms with Gasteiger partial charge in [-0.05, 0) is 36.8 Å². The number of nitrogens with two attached hydrogens (primary N) is 1. The van der Waals surface area contributed by atoms with Crippen molar-refractivity contribution in [3.63, 3.8) is 0 Å². The van der Waals surface area contributed by atoms with Crippen LogP contribution >= 0.6 is 0 Å². The molecule has 1 aliphatic heterocycles. The summed E-state index contributed by atoms with van der Waals surface area (Å²) < 4.78 is 27.8. The van der Waals surface area contributed by atoms with Gasteiger partial charge in [-0.15, -0.1) is 0 Å². The van der Waals surface area contributed by atoms with E-state index in [1.807, 2.05) is 30.3 Å². The fourth-order valence-electron chi connectivity index (χ4n) is 3.18. The van der Waals surface area contributed by atoms with Crippen LogP contribution in [0.1, 0.15) is 18.9 Å². The average Bonchev–Trinajstić information content (AvgIpc) is 3.09. The third kappa shape index (κ3) is 5.89. The topological polar surface area (TPSA) is 136 Å². The second-order valence-electron chi connectivity index (χ2n) is 7.30. The number of nitrogens with one attached hydrogen (secondary N) is 1. The SMILES string of the molecule is CC(OC(=O)C1CC(=O)N(Cc2ccccc2)C1)C(=O)Nc1ccc(S(N)(=O)=O)cc1. The van der Waals surface area contributed by atoms with Gasteiger partial charge in [-0.3, -0.25) is 14.4 Å². The Morgan fingerprint density at radius 1 is 1.16 bits per heavy atom. The Balaban J connectivity index is 1.52. The number of carbonyl (C=O) groups excluding carboxylic acids is 3. The molecule has 1 fully saturated rings. The minimum absolute atomic E-state index is 0.0367. The molecule has 2 aromatic rings. The van der Waals surface area contributed by atoms with Crippen molar-refractivity contribution in [3.8, 4) is 0 Å². The molecule has 9 nitrogen and oxygen atoms in total. The van der Waals surface area contributed by atoms with Crippen LogP contribution in [0.2, 0.25) is 0 Å². The lowest BCUT2D eigenvalue weighted by Gasteiger charge is -2.18. The highest BCUT2D eigenvalue weighted by Gasteiger charge is 2.36. The molecule has 3 rings (SSSR count). The predicted octanol–water partition coefficient (Wildman–Crippen LogP) is 1.25. The largest absolute Gasteiger partial charge is 0.452 e. The van der Waals surface area contributed by atoms with E-state index in [-0.39, 0.29) is 23.8 Å². The molecule has 1 aliphatic rings. The van der Waals surface area contributed by atoms with Crippen molar-refractivity contribution in [2.75, 3.05) is 11.9 Å². The summed E-state index contributed by atoms with van der Waals surface area (Å²) in [5.41, 5.74) is 1.29. The summed E-state index contributed by atoms with van der Waals surface area (Å²) in [7, 11) is -3.83. The first-order valence-corrected chi connectivity index (χ1v) is 11.1. The Hall–Kier alpha value is -3.24. The molecule has 3 N–H and O–H groups in total. The summed E-state index contributed by atoms with van der Waals surface area (Å²) in [6, 6.07) is 14.7. The number of likely N-dealkylation sites (tertiary alicyclic amines) is 1. The number of amides is 2. The first kappa shape index (κ1) is 22.4. The van der Waals surface area contributed by atoms with Crippen molar-refractivity contribution in [1.29, 1.82) is 0 Å². The number of rotatable bonds is 7. The molecular formula is C21H23N3O6S. The van der Waals surface area contributed by atoms with Gasteiger partial charge >= 0.3 is 5.97 Å². The van der Waals surface area contributed by atoms with E-state index in [1.54, 1.807) is 4.90 Å². The number of anilines is 1. The van der Waals surface area contributed by atoms with Gasteiger partial charge in [-0.1, -0.05) is 30.3 Å². The molecule has 2 unspecified atom stereocenters. The zero-order chi connectivity index (χ0) is 22.6. The molecule has 0 aromatic heterocycles. The molecule has 10 heteroatoms. The number of hydrogen-bond donors (Lipinski definition) is 2. The Labute approximate surface area is 180 Å². The minimum Gasteiger partial charge on any atom is -0.452 e. The number of sulfonamides is 1. The second-order valence-corrected chi connectivity index (χ2v) is 8.86. The number of carbonyl (C=O) groups is 3. The number of esters is 1. The summed E-state index contributed by atoms with van der Waals surface area (Å²) in [4.78, 5) is 38.5. The fraction of sp³-hybridized carbons (Fsp3) is 0.286. The lowest BCUT2D eigenvalue weighted by atomic mass is 10.1. The van der Waals surface area contributed by atoms with Gasteiger partial charge in [0.15, 0.2) is 6.10 Å². The van der Waals surface area contributed by atoms with Crippen molar-refractivity contribution in [2.24, 2.45) is 11.1 Å². The number of ether oxygens (including phenoxy) is 1. The summed E-state index contributed by atoms with van der Waals surface area (Å²) >= 11 is 0. The van der Waals surface area contributed by atoms with Crippen molar-refractivity contribution in [1.82, 2.24) is 4.90 Å². The molecule has 2 aromatic carbocycles. The monoisotopic (exact) mass is 445 g/mol. The molecule has 2 amide bonds. The highest BCUT2D eigenvalue weighted by Crippen LogP contribution is 2.22. The average molecular weight is 445 g/mol. The maximum absolute atomic E-state index is 12.4. The number of nitrogens with zero attached hydrogens (tertiary/aromatic N) is 1. The predicted molar refractivity (Wildman–Crippen MR) is 112 cm³/mol. The van der Waals surface area contributed by atoms with Crippen LogP contribution in [0.4, 0.5) is 5.69 Å². The number of benzene rings is 2. The Kier molecular flexibility index (Phi) is 6.71. The van der Waals surface area contributed by atoms with Crippen LogP contribution in [0.25, 0.3) is 0 Å². The van der Waals surface area contributed by atoms with E-state index in [0.717, 1.165) is 5.56 Å². The summed E-state index contributed by atoms with van der Waals surface area (Å²) in [5, 5.41) is 7.57. The van der Waals surface area contributed by atoms with Gasteiger partial charge in [0.1, 0.15) is 0 Å². The van der Waals surface area contributed by atoms with Crippen molar-refractivity contribution < 1.29 is 27.5 Å². The van der Waals surface area contributed by atoms with Gasteiger partial charge in [-0.25, -0.2) is 13.6 Å². The molecular weight excluding hydrogens is 422 g/mol. The standard InChI is InChI=1S/C21H23N3O6S/c1-14(20(26)23-17-7-9-18(10-8-17)31(22,28)29)30-21(27)16-11-19(25)24(13-16)12-15-5-3-2-4-6-15/h2-10,14,16H,11-13H2,1H3,(H,23,26)(H2,22,28,29).